The van der Waals surface area contributed by atoms with Crippen molar-refractivity contribution in [1.82, 2.24) is 5.32 Å². The van der Waals surface area contributed by atoms with E-state index in [0.717, 1.165) is 32.1 Å². The van der Waals surface area contributed by atoms with Gasteiger partial charge >= 0.3 is 0 Å². The van der Waals surface area contributed by atoms with E-state index in [9.17, 15) is 15.0 Å². The topological polar surface area (TPSA) is 69.6 Å². The molecule has 0 aromatic heterocycles. The second-order valence-corrected chi connectivity index (χ2v) is 11.2. The number of unbranched alkanes of at least 4 members (excludes halogenated alkanes) is 18. The maximum Gasteiger partial charge on any atom is 0.220 e. The Morgan fingerprint density at radius 3 is 1.58 bits per heavy atom. The van der Waals surface area contributed by atoms with Crippen LogP contribution < -0.4 is 5.32 Å². The average Bonchev–Trinajstić information content (AvgIpc) is 2.92. The van der Waals surface area contributed by atoms with Gasteiger partial charge in [-0.15, -0.1) is 0 Å². The van der Waals surface area contributed by atoms with E-state index >= 15 is 0 Å². The van der Waals surface area contributed by atoms with Gasteiger partial charge in [-0.05, 0) is 44.9 Å². The van der Waals surface area contributed by atoms with Crippen LogP contribution in [0.3, 0.4) is 0 Å². The predicted molar refractivity (Wildman–Crippen MR) is 165 cm³/mol. The number of nitrogens with one attached hydrogen (secondary N) is 1. The van der Waals surface area contributed by atoms with Gasteiger partial charge in [0.2, 0.25) is 5.91 Å². The second kappa shape index (κ2) is 30.4. The van der Waals surface area contributed by atoms with Crippen LogP contribution in [0.15, 0.2) is 24.3 Å². The van der Waals surface area contributed by atoms with Crippen LogP contribution in [0, 0.1) is 0 Å². The van der Waals surface area contributed by atoms with E-state index in [1.54, 1.807) is 0 Å². The molecule has 2 unspecified atom stereocenters. The molecule has 0 saturated carbocycles. The van der Waals surface area contributed by atoms with Crippen molar-refractivity contribution < 1.29 is 15.0 Å². The molecule has 0 aliphatic carbocycles. The maximum atomic E-state index is 12.2. The molecule has 0 aromatic carbocycles. The molecule has 1 amide bonds. The molecule has 0 radical (unpaired) electrons. The van der Waals surface area contributed by atoms with E-state index in [1.807, 2.05) is 0 Å². The summed E-state index contributed by atoms with van der Waals surface area (Å²) in [6.45, 7) is 4.25. The van der Waals surface area contributed by atoms with Crippen molar-refractivity contribution in [2.75, 3.05) is 6.61 Å². The monoisotopic (exact) mass is 535 g/mol. The lowest BCUT2D eigenvalue weighted by atomic mass is 10.0. The summed E-state index contributed by atoms with van der Waals surface area (Å²) < 4.78 is 0. The highest BCUT2D eigenvalue weighted by atomic mass is 16.3. The van der Waals surface area contributed by atoms with Crippen molar-refractivity contribution in [2.24, 2.45) is 0 Å². The van der Waals surface area contributed by atoms with E-state index in [2.05, 4.69) is 43.5 Å². The van der Waals surface area contributed by atoms with Crippen LogP contribution in [-0.2, 0) is 4.79 Å². The van der Waals surface area contributed by atoms with E-state index in [0.29, 0.717) is 12.8 Å². The highest BCUT2D eigenvalue weighted by molar-refractivity contribution is 5.76. The molecule has 0 fully saturated rings. The summed E-state index contributed by atoms with van der Waals surface area (Å²) in [5, 5.41) is 22.7. The van der Waals surface area contributed by atoms with Gasteiger partial charge in [0.25, 0.3) is 0 Å². The normalized spacial score (nSPS) is 13.5. The molecule has 4 heteroatoms. The molecule has 0 aliphatic heterocycles. The first kappa shape index (κ1) is 36.9. The minimum absolute atomic E-state index is 0.0445. The standard InChI is InChI=1S/C34H65NO3/c1-3-5-7-9-10-11-12-13-14-15-16-17-18-19-20-21-22-23-24-26-28-30-34(38)35-32(31-36)33(37)29-27-25-8-6-4-2/h12-13,15-16,32-33,36-37H,3-11,14,17-31H2,1-2H3,(H,35,38)/b13-12-,16-15-. The quantitative estimate of drug-likeness (QED) is 0.0660. The van der Waals surface area contributed by atoms with Crippen LogP contribution in [0.5, 0.6) is 0 Å². The van der Waals surface area contributed by atoms with E-state index in [1.165, 1.54) is 109 Å². The van der Waals surface area contributed by atoms with Crippen molar-refractivity contribution in [3.8, 4) is 0 Å². The van der Waals surface area contributed by atoms with Gasteiger partial charge in [0.15, 0.2) is 0 Å². The van der Waals surface area contributed by atoms with Crippen molar-refractivity contribution >= 4 is 5.91 Å². The largest absolute Gasteiger partial charge is 0.394 e. The zero-order chi connectivity index (χ0) is 27.9. The van der Waals surface area contributed by atoms with Gasteiger partial charge in [-0.3, -0.25) is 4.79 Å². The number of aliphatic hydroxyl groups excluding tert-OH is 2. The fourth-order valence-corrected chi connectivity index (χ4v) is 4.86. The summed E-state index contributed by atoms with van der Waals surface area (Å²) in [5.41, 5.74) is 0. The molecule has 0 saturated heterocycles. The van der Waals surface area contributed by atoms with Crippen LogP contribution in [0.2, 0.25) is 0 Å². The Kier molecular flexibility index (Phi) is 29.5. The molecule has 0 aliphatic rings. The fourth-order valence-electron chi connectivity index (χ4n) is 4.86. The zero-order valence-electron chi connectivity index (χ0n) is 25.4. The third-order valence-corrected chi connectivity index (χ3v) is 7.47. The molecule has 0 rings (SSSR count). The Labute approximate surface area is 237 Å². The molecular weight excluding hydrogens is 470 g/mol. The number of amides is 1. The highest BCUT2D eigenvalue weighted by Crippen LogP contribution is 2.13. The van der Waals surface area contributed by atoms with Crippen molar-refractivity contribution in [2.45, 2.75) is 180 Å². The van der Waals surface area contributed by atoms with Gasteiger partial charge in [0, 0.05) is 6.42 Å². The zero-order valence-corrected chi connectivity index (χ0v) is 25.4. The molecular formula is C34H65NO3. The number of hydrogen-bond acceptors (Lipinski definition) is 3. The number of hydrogen-bond donors (Lipinski definition) is 3. The first-order valence-electron chi connectivity index (χ1n) is 16.5. The van der Waals surface area contributed by atoms with Crippen LogP contribution >= 0.6 is 0 Å². The lowest BCUT2D eigenvalue weighted by molar-refractivity contribution is -0.123. The summed E-state index contributed by atoms with van der Waals surface area (Å²) in [5.74, 6) is -0.0445. The van der Waals surface area contributed by atoms with Gasteiger partial charge in [-0.1, -0.05) is 141 Å². The number of allylic oxidation sites excluding steroid dienone is 4. The molecule has 38 heavy (non-hydrogen) atoms. The first-order valence-corrected chi connectivity index (χ1v) is 16.5. The van der Waals surface area contributed by atoms with Crippen molar-refractivity contribution in [1.29, 1.82) is 0 Å². The Morgan fingerprint density at radius 1 is 0.632 bits per heavy atom. The minimum Gasteiger partial charge on any atom is -0.394 e. The number of carbonyl (C=O) groups excluding carboxylic acids is 1. The summed E-state index contributed by atoms with van der Waals surface area (Å²) in [6, 6.07) is -0.532. The molecule has 224 valence electrons. The summed E-state index contributed by atoms with van der Waals surface area (Å²) in [7, 11) is 0. The molecule has 0 aromatic rings. The second-order valence-electron chi connectivity index (χ2n) is 11.2. The highest BCUT2D eigenvalue weighted by Gasteiger charge is 2.19. The number of rotatable bonds is 29. The SMILES string of the molecule is CCCCCCC/C=C\C/C=C\CCCCCCCCCCCC(=O)NC(CO)C(O)CCCCCCC. The molecule has 0 spiro atoms. The molecule has 2 atom stereocenters. The van der Waals surface area contributed by atoms with Gasteiger partial charge < -0.3 is 15.5 Å². The lowest BCUT2D eigenvalue weighted by Crippen LogP contribution is -2.45. The third kappa shape index (κ3) is 26.5. The number of carbonyl (C=O) groups is 1. The summed E-state index contributed by atoms with van der Waals surface area (Å²) in [4.78, 5) is 12.2. The Balaban J connectivity index is 3.49. The number of aliphatic hydroxyl groups is 2. The molecule has 4 nitrogen and oxygen atoms in total. The van der Waals surface area contributed by atoms with Crippen LogP contribution in [-0.4, -0.2) is 34.9 Å². The Hall–Kier alpha value is -1.13. The van der Waals surface area contributed by atoms with Gasteiger partial charge in [-0.2, -0.15) is 0 Å². The smallest absolute Gasteiger partial charge is 0.220 e. The van der Waals surface area contributed by atoms with Crippen molar-refractivity contribution in [3.63, 3.8) is 0 Å². The Morgan fingerprint density at radius 2 is 1.08 bits per heavy atom. The molecule has 0 heterocycles. The van der Waals surface area contributed by atoms with E-state index < -0.39 is 12.1 Å². The predicted octanol–water partition coefficient (Wildman–Crippen LogP) is 9.34. The van der Waals surface area contributed by atoms with E-state index in [4.69, 9.17) is 0 Å². The van der Waals surface area contributed by atoms with Crippen molar-refractivity contribution in [3.05, 3.63) is 24.3 Å². The summed E-state index contributed by atoms with van der Waals surface area (Å²) in [6.07, 6.45) is 36.8. The third-order valence-electron chi connectivity index (χ3n) is 7.47. The Bertz CT molecular complexity index is 546. The van der Waals surface area contributed by atoms with Gasteiger partial charge in [-0.25, -0.2) is 0 Å². The van der Waals surface area contributed by atoms with Crippen LogP contribution in [0.4, 0.5) is 0 Å². The first-order chi connectivity index (χ1) is 18.7. The fraction of sp³-hybridized carbons (Fsp3) is 0.853. The molecule has 0 bridgehead atoms. The van der Waals surface area contributed by atoms with Crippen LogP contribution in [0.25, 0.3) is 0 Å². The van der Waals surface area contributed by atoms with Gasteiger partial charge in [0.05, 0.1) is 18.8 Å². The van der Waals surface area contributed by atoms with E-state index in [-0.39, 0.29) is 12.5 Å². The van der Waals surface area contributed by atoms with Crippen LogP contribution in [0.1, 0.15) is 168 Å². The minimum atomic E-state index is -0.654. The lowest BCUT2D eigenvalue weighted by Gasteiger charge is -2.22. The maximum absolute atomic E-state index is 12.2. The summed E-state index contributed by atoms with van der Waals surface area (Å²) >= 11 is 0. The molecule has 3 N–H and O–H groups in total. The average molecular weight is 536 g/mol. The van der Waals surface area contributed by atoms with Gasteiger partial charge in [0.1, 0.15) is 0 Å².